The van der Waals surface area contributed by atoms with E-state index in [1.807, 2.05) is 0 Å². The molecule has 1 aliphatic heterocycles. The lowest BCUT2D eigenvalue weighted by Gasteiger charge is -2.30. The van der Waals surface area contributed by atoms with Gasteiger partial charge in [-0.3, -0.25) is 9.59 Å². The molecule has 1 saturated heterocycles. The van der Waals surface area contributed by atoms with Gasteiger partial charge in [0.1, 0.15) is 0 Å². The Morgan fingerprint density at radius 2 is 1.85 bits per heavy atom. The van der Waals surface area contributed by atoms with Crippen molar-refractivity contribution in [2.75, 3.05) is 13.1 Å². The predicted molar refractivity (Wildman–Crippen MR) is 95.3 cm³/mol. The second kappa shape index (κ2) is 7.75. The van der Waals surface area contributed by atoms with Crippen molar-refractivity contribution in [3.8, 4) is 0 Å². The number of hydrogen-bond acceptors (Lipinski definition) is 4. The summed E-state index contributed by atoms with van der Waals surface area (Å²) in [7, 11) is -3.67. The summed E-state index contributed by atoms with van der Waals surface area (Å²) in [5.74, 6) is -1.79. The van der Waals surface area contributed by atoms with Crippen molar-refractivity contribution in [1.29, 1.82) is 0 Å². The van der Waals surface area contributed by atoms with Gasteiger partial charge in [0.15, 0.2) is 0 Å². The number of likely N-dealkylation sites (tertiary alicyclic amines) is 1. The van der Waals surface area contributed by atoms with Crippen molar-refractivity contribution >= 4 is 21.9 Å². The van der Waals surface area contributed by atoms with Gasteiger partial charge in [-0.05, 0) is 43.9 Å². The number of carbonyl (C=O) groups is 2. The first kappa shape index (κ1) is 18.8. The van der Waals surface area contributed by atoms with Gasteiger partial charge in [0, 0.05) is 24.7 Å². The van der Waals surface area contributed by atoms with Crippen molar-refractivity contribution in [3.63, 3.8) is 0 Å². The fourth-order valence-corrected chi connectivity index (χ4v) is 5.02. The highest BCUT2D eigenvalue weighted by molar-refractivity contribution is 7.89. The van der Waals surface area contributed by atoms with Gasteiger partial charge >= 0.3 is 5.97 Å². The molecule has 1 saturated carbocycles. The highest BCUT2D eigenvalue weighted by atomic mass is 32.2. The smallest absolute Gasteiger partial charge is 0.308 e. The number of piperidine rings is 1. The lowest BCUT2D eigenvalue weighted by molar-refractivity contribution is -0.143. The molecule has 2 aliphatic rings. The van der Waals surface area contributed by atoms with E-state index in [1.165, 1.54) is 17.0 Å². The number of sulfonamides is 1. The average molecular weight is 380 g/mol. The average Bonchev–Trinajstić information content (AvgIpc) is 3.13. The summed E-state index contributed by atoms with van der Waals surface area (Å²) in [6.07, 6.45) is 4.89. The lowest BCUT2D eigenvalue weighted by Crippen LogP contribution is -2.42. The van der Waals surface area contributed by atoms with Gasteiger partial charge in [0.25, 0.3) is 5.91 Å². The molecule has 0 aromatic heterocycles. The third kappa shape index (κ3) is 4.24. The molecule has 2 fully saturated rings. The zero-order valence-electron chi connectivity index (χ0n) is 14.6. The lowest BCUT2D eigenvalue weighted by atomic mass is 9.97. The van der Waals surface area contributed by atoms with E-state index < -0.39 is 21.9 Å². The van der Waals surface area contributed by atoms with Crippen LogP contribution in [0.15, 0.2) is 29.2 Å². The van der Waals surface area contributed by atoms with Gasteiger partial charge < -0.3 is 10.0 Å². The number of carboxylic acids is 1. The number of amides is 1. The third-order valence-corrected chi connectivity index (χ3v) is 6.64. The first-order chi connectivity index (χ1) is 12.4. The van der Waals surface area contributed by atoms with E-state index >= 15 is 0 Å². The number of carbonyl (C=O) groups excluding carboxylic acids is 1. The van der Waals surface area contributed by atoms with Crippen LogP contribution in [-0.4, -0.2) is 49.4 Å². The van der Waals surface area contributed by atoms with E-state index in [-0.39, 0.29) is 29.0 Å². The van der Waals surface area contributed by atoms with Gasteiger partial charge in [0.2, 0.25) is 10.0 Å². The standard InChI is InChI=1S/C18H24N2O5S/c21-17(20-10-4-6-14(12-20)18(22)23)13-5-3-9-16(11-13)26(24,25)19-15-7-1-2-8-15/h3,5,9,11,14-15,19H,1-2,4,6-8,10,12H2,(H,22,23)/t14-/m0/s1. The number of benzene rings is 1. The molecule has 1 heterocycles. The van der Waals surface area contributed by atoms with Gasteiger partial charge in [-0.1, -0.05) is 18.9 Å². The van der Waals surface area contributed by atoms with Crippen LogP contribution >= 0.6 is 0 Å². The fraction of sp³-hybridized carbons (Fsp3) is 0.556. The quantitative estimate of drug-likeness (QED) is 0.811. The summed E-state index contributed by atoms with van der Waals surface area (Å²) >= 11 is 0. The molecule has 8 heteroatoms. The van der Waals surface area contributed by atoms with Gasteiger partial charge in [0.05, 0.1) is 10.8 Å². The highest BCUT2D eigenvalue weighted by Crippen LogP contribution is 2.22. The molecule has 1 aromatic carbocycles. The molecule has 1 aliphatic carbocycles. The monoisotopic (exact) mass is 380 g/mol. The Balaban J connectivity index is 1.75. The normalized spacial score (nSPS) is 21.7. The molecule has 0 spiro atoms. The van der Waals surface area contributed by atoms with E-state index in [0.29, 0.717) is 19.4 Å². The summed E-state index contributed by atoms with van der Waals surface area (Å²) in [5.41, 5.74) is 0.269. The minimum atomic E-state index is -3.67. The summed E-state index contributed by atoms with van der Waals surface area (Å²) in [4.78, 5) is 25.5. The molecule has 3 rings (SSSR count). The number of aliphatic carboxylic acids is 1. The summed E-state index contributed by atoms with van der Waals surface area (Å²) in [6.45, 7) is 0.644. The van der Waals surface area contributed by atoms with Crippen molar-refractivity contribution < 1.29 is 23.1 Å². The van der Waals surface area contributed by atoms with Crippen molar-refractivity contribution in [1.82, 2.24) is 9.62 Å². The minimum absolute atomic E-state index is 0.0437. The predicted octanol–water partition coefficient (Wildman–Crippen LogP) is 1.84. The van der Waals surface area contributed by atoms with Crippen LogP contribution in [0.1, 0.15) is 48.9 Å². The molecule has 142 valence electrons. The van der Waals surface area contributed by atoms with Gasteiger partial charge in [-0.15, -0.1) is 0 Å². The van der Waals surface area contributed by atoms with Crippen LogP contribution in [0.2, 0.25) is 0 Å². The van der Waals surface area contributed by atoms with E-state index in [2.05, 4.69) is 4.72 Å². The Labute approximate surface area is 153 Å². The maximum atomic E-state index is 12.7. The SMILES string of the molecule is O=C(O)[C@H]1CCCN(C(=O)c2cccc(S(=O)(=O)NC3CCCC3)c2)C1. The van der Waals surface area contributed by atoms with Crippen molar-refractivity contribution in [2.45, 2.75) is 49.5 Å². The van der Waals surface area contributed by atoms with Crippen LogP contribution < -0.4 is 4.72 Å². The van der Waals surface area contributed by atoms with Crippen LogP contribution in [0.4, 0.5) is 0 Å². The Bertz CT molecular complexity index is 787. The second-order valence-corrected chi connectivity index (χ2v) is 8.77. The second-order valence-electron chi connectivity index (χ2n) is 7.06. The zero-order chi connectivity index (χ0) is 18.7. The molecule has 0 bridgehead atoms. The van der Waals surface area contributed by atoms with E-state index in [4.69, 9.17) is 5.11 Å². The molecule has 7 nitrogen and oxygen atoms in total. The first-order valence-corrected chi connectivity index (χ1v) is 10.5. The van der Waals surface area contributed by atoms with E-state index in [0.717, 1.165) is 25.7 Å². The van der Waals surface area contributed by atoms with Crippen LogP contribution in [0.3, 0.4) is 0 Å². The molecular weight excluding hydrogens is 356 g/mol. The fourth-order valence-electron chi connectivity index (χ4n) is 3.67. The number of carboxylic acid groups (broad SMARTS) is 1. The number of hydrogen-bond donors (Lipinski definition) is 2. The Morgan fingerprint density at radius 3 is 2.54 bits per heavy atom. The topological polar surface area (TPSA) is 104 Å². The Hall–Kier alpha value is -1.93. The first-order valence-electron chi connectivity index (χ1n) is 9.01. The Morgan fingerprint density at radius 1 is 1.12 bits per heavy atom. The molecule has 1 aromatic rings. The van der Waals surface area contributed by atoms with Crippen LogP contribution in [0.25, 0.3) is 0 Å². The van der Waals surface area contributed by atoms with Crippen LogP contribution in [-0.2, 0) is 14.8 Å². The third-order valence-electron chi connectivity index (χ3n) is 5.13. The molecule has 26 heavy (non-hydrogen) atoms. The maximum absolute atomic E-state index is 12.7. The number of nitrogens with one attached hydrogen (secondary N) is 1. The van der Waals surface area contributed by atoms with Crippen molar-refractivity contribution in [2.24, 2.45) is 5.92 Å². The Kier molecular flexibility index (Phi) is 5.62. The summed E-state index contributed by atoms with van der Waals surface area (Å²) < 4.78 is 27.8. The van der Waals surface area contributed by atoms with Crippen molar-refractivity contribution in [3.05, 3.63) is 29.8 Å². The summed E-state index contributed by atoms with van der Waals surface area (Å²) in [5, 5.41) is 9.17. The van der Waals surface area contributed by atoms with Gasteiger partial charge in [-0.25, -0.2) is 13.1 Å². The molecular formula is C18H24N2O5S. The summed E-state index contributed by atoms with van der Waals surface area (Å²) in [6, 6.07) is 5.93. The zero-order valence-corrected chi connectivity index (χ0v) is 15.4. The van der Waals surface area contributed by atoms with Gasteiger partial charge in [-0.2, -0.15) is 0 Å². The molecule has 2 N–H and O–H groups in total. The molecule has 1 amide bonds. The molecule has 0 unspecified atom stereocenters. The van der Waals surface area contributed by atoms with E-state index in [1.54, 1.807) is 12.1 Å². The minimum Gasteiger partial charge on any atom is -0.481 e. The van der Waals surface area contributed by atoms with E-state index in [9.17, 15) is 18.0 Å². The number of rotatable bonds is 5. The number of nitrogens with zero attached hydrogens (tertiary/aromatic N) is 1. The maximum Gasteiger partial charge on any atom is 0.308 e. The van der Waals surface area contributed by atoms with Crippen LogP contribution in [0.5, 0.6) is 0 Å². The molecule has 0 radical (unpaired) electrons. The largest absolute Gasteiger partial charge is 0.481 e. The van der Waals surface area contributed by atoms with Crippen LogP contribution in [0, 0.1) is 5.92 Å². The highest BCUT2D eigenvalue weighted by Gasteiger charge is 2.29. The molecule has 1 atom stereocenters.